The number of rotatable bonds is 6. The van der Waals surface area contributed by atoms with Crippen LogP contribution >= 0.6 is 0 Å². The van der Waals surface area contributed by atoms with Gasteiger partial charge in [-0.2, -0.15) is 0 Å². The first-order chi connectivity index (χ1) is 9.49. The van der Waals surface area contributed by atoms with Gasteiger partial charge in [-0.05, 0) is 32.7 Å². The van der Waals surface area contributed by atoms with Gasteiger partial charge in [0, 0.05) is 19.1 Å². The van der Waals surface area contributed by atoms with Crippen LogP contribution in [0.4, 0.5) is 0 Å². The molecular formula is C15H28N2O3. The van der Waals surface area contributed by atoms with Crippen molar-refractivity contribution in [1.29, 1.82) is 0 Å². The van der Waals surface area contributed by atoms with Gasteiger partial charge >= 0.3 is 5.97 Å². The van der Waals surface area contributed by atoms with Crippen LogP contribution in [0.25, 0.3) is 0 Å². The molecule has 5 heteroatoms. The lowest BCUT2D eigenvalue weighted by Crippen LogP contribution is -2.47. The van der Waals surface area contributed by atoms with Crippen molar-refractivity contribution in [2.75, 3.05) is 33.8 Å². The number of likely N-dealkylation sites (tertiary alicyclic amines) is 1. The van der Waals surface area contributed by atoms with Gasteiger partial charge < -0.3 is 9.64 Å². The minimum Gasteiger partial charge on any atom is -0.469 e. The zero-order valence-corrected chi connectivity index (χ0v) is 13.2. The molecular weight excluding hydrogens is 256 g/mol. The van der Waals surface area contributed by atoms with E-state index in [0.29, 0.717) is 19.1 Å². The Morgan fingerprint density at radius 1 is 1.40 bits per heavy atom. The van der Waals surface area contributed by atoms with Crippen LogP contribution in [0, 0.1) is 5.92 Å². The number of amides is 1. The molecule has 1 amide bonds. The quantitative estimate of drug-likeness (QED) is 0.694. The van der Waals surface area contributed by atoms with Crippen molar-refractivity contribution in [3.8, 4) is 0 Å². The molecule has 1 saturated heterocycles. The van der Waals surface area contributed by atoms with Crippen molar-refractivity contribution in [3.05, 3.63) is 0 Å². The Morgan fingerprint density at radius 2 is 2.10 bits per heavy atom. The first-order valence-corrected chi connectivity index (χ1v) is 7.55. The molecule has 0 aromatic rings. The van der Waals surface area contributed by atoms with Crippen LogP contribution in [0.5, 0.6) is 0 Å². The fourth-order valence-electron chi connectivity index (χ4n) is 2.88. The molecule has 0 radical (unpaired) electrons. The Morgan fingerprint density at radius 3 is 2.70 bits per heavy atom. The predicted octanol–water partition coefficient (Wildman–Crippen LogP) is 1.52. The topological polar surface area (TPSA) is 49.9 Å². The van der Waals surface area contributed by atoms with Crippen molar-refractivity contribution in [2.45, 2.75) is 45.6 Å². The number of carbonyl (C=O) groups is 2. The van der Waals surface area contributed by atoms with Gasteiger partial charge in [0.25, 0.3) is 0 Å². The van der Waals surface area contributed by atoms with E-state index in [0.717, 1.165) is 25.8 Å². The van der Waals surface area contributed by atoms with Crippen LogP contribution in [-0.2, 0) is 14.3 Å². The number of carbonyl (C=O) groups excluding carboxylic acids is 2. The molecule has 0 bridgehead atoms. The van der Waals surface area contributed by atoms with Crippen molar-refractivity contribution in [3.63, 3.8) is 0 Å². The largest absolute Gasteiger partial charge is 0.469 e. The summed E-state index contributed by atoms with van der Waals surface area (Å²) >= 11 is 0. The lowest BCUT2D eigenvalue weighted by molar-refractivity contribution is -0.146. The summed E-state index contributed by atoms with van der Waals surface area (Å²) in [5.41, 5.74) is 0. The molecule has 1 aliphatic rings. The van der Waals surface area contributed by atoms with Gasteiger partial charge in [0.2, 0.25) is 5.91 Å². The maximum Gasteiger partial charge on any atom is 0.309 e. The molecule has 1 rings (SSSR count). The van der Waals surface area contributed by atoms with Gasteiger partial charge in [-0.3, -0.25) is 14.5 Å². The number of nitrogens with zero attached hydrogens (tertiary/aromatic N) is 2. The first-order valence-electron chi connectivity index (χ1n) is 7.55. The minimum atomic E-state index is -0.228. The van der Waals surface area contributed by atoms with Crippen molar-refractivity contribution < 1.29 is 14.3 Å². The summed E-state index contributed by atoms with van der Waals surface area (Å²) in [6.07, 6.45) is 4.46. The fourth-order valence-corrected chi connectivity index (χ4v) is 2.88. The summed E-state index contributed by atoms with van der Waals surface area (Å²) in [6, 6.07) is 0.391. The highest BCUT2D eigenvalue weighted by Crippen LogP contribution is 2.19. The van der Waals surface area contributed by atoms with E-state index in [1.807, 2.05) is 23.8 Å². The van der Waals surface area contributed by atoms with Crippen molar-refractivity contribution in [2.24, 2.45) is 5.92 Å². The van der Waals surface area contributed by atoms with Gasteiger partial charge in [0.1, 0.15) is 0 Å². The summed E-state index contributed by atoms with van der Waals surface area (Å²) in [4.78, 5) is 27.7. The van der Waals surface area contributed by atoms with E-state index in [1.54, 1.807) is 0 Å². The normalized spacial score (nSPS) is 20.9. The number of ether oxygens (including phenoxy) is 1. The highest BCUT2D eigenvalue weighted by molar-refractivity contribution is 5.79. The summed E-state index contributed by atoms with van der Waals surface area (Å²) in [7, 11) is 3.27. The summed E-state index contributed by atoms with van der Waals surface area (Å²) in [6.45, 7) is 5.75. The average molecular weight is 284 g/mol. The van der Waals surface area contributed by atoms with Crippen molar-refractivity contribution in [1.82, 2.24) is 9.80 Å². The molecule has 0 aromatic heterocycles. The third kappa shape index (κ3) is 4.78. The Hall–Kier alpha value is -1.10. The number of esters is 1. The average Bonchev–Trinajstić information content (AvgIpc) is 2.45. The van der Waals surface area contributed by atoms with Crippen LogP contribution in [0.3, 0.4) is 0 Å². The van der Waals surface area contributed by atoms with Crippen molar-refractivity contribution >= 4 is 11.9 Å². The second-order valence-corrected chi connectivity index (χ2v) is 5.77. The maximum absolute atomic E-state index is 12.4. The monoisotopic (exact) mass is 284 g/mol. The Labute approximate surface area is 122 Å². The standard InChI is InChI=1S/C15H28N2O3/c1-5-13-8-6-7-9-17(13)14(18)11-16(3)10-12(2)15(19)20-4/h12-13H,5-11H2,1-4H3. The molecule has 1 fully saturated rings. The van der Waals surface area contributed by atoms with Gasteiger partial charge in [-0.25, -0.2) is 0 Å². The van der Waals surface area contributed by atoms with Gasteiger partial charge in [0.15, 0.2) is 0 Å². The Kier molecular flexibility index (Phi) is 6.99. The summed E-state index contributed by atoms with van der Waals surface area (Å²) < 4.78 is 4.71. The van der Waals surface area contributed by atoms with Crippen LogP contribution < -0.4 is 0 Å². The summed E-state index contributed by atoms with van der Waals surface area (Å²) in [5, 5.41) is 0. The molecule has 0 N–H and O–H groups in total. The van der Waals surface area contributed by atoms with Crippen LogP contribution in [-0.4, -0.2) is 61.5 Å². The van der Waals surface area contributed by atoms with E-state index in [-0.39, 0.29) is 17.8 Å². The SMILES string of the molecule is CCC1CCCCN1C(=O)CN(C)CC(C)C(=O)OC. The number of piperidine rings is 1. The number of hydrogen-bond donors (Lipinski definition) is 0. The van der Waals surface area contributed by atoms with E-state index in [4.69, 9.17) is 4.74 Å². The highest BCUT2D eigenvalue weighted by Gasteiger charge is 2.26. The molecule has 0 aliphatic carbocycles. The zero-order valence-electron chi connectivity index (χ0n) is 13.2. The van der Waals surface area contributed by atoms with Gasteiger partial charge in [0.05, 0.1) is 19.6 Å². The molecule has 2 unspecified atom stereocenters. The minimum absolute atomic E-state index is 0.177. The number of methoxy groups -OCH3 is 1. The highest BCUT2D eigenvalue weighted by atomic mass is 16.5. The zero-order chi connectivity index (χ0) is 15.1. The molecule has 2 atom stereocenters. The third-order valence-corrected chi connectivity index (χ3v) is 4.01. The Bertz CT molecular complexity index is 333. The Balaban J connectivity index is 2.46. The molecule has 1 heterocycles. The van der Waals surface area contributed by atoms with Gasteiger partial charge in [-0.1, -0.05) is 13.8 Å². The van der Waals surface area contributed by atoms with Crippen LogP contribution in [0.2, 0.25) is 0 Å². The third-order valence-electron chi connectivity index (χ3n) is 4.01. The fraction of sp³-hybridized carbons (Fsp3) is 0.867. The van der Waals surface area contributed by atoms with Crippen LogP contribution in [0.15, 0.2) is 0 Å². The molecule has 5 nitrogen and oxygen atoms in total. The van der Waals surface area contributed by atoms with Gasteiger partial charge in [-0.15, -0.1) is 0 Å². The molecule has 0 spiro atoms. The predicted molar refractivity (Wildman–Crippen MR) is 78.3 cm³/mol. The smallest absolute Gasteiger partial charge is 0.309 e. The summed E-state index contributed by atoms with van der Waals surface area (Å²) in [5.74, 6) is -0.258. The maximum atomic E-state index is 12.4. The number of hydrogen-bond acceptors (Lipinski definition) is 4. The van der Waals surface area contributed by atoms with E-state index in [2.05, 4.69) is 6.92 Å². The van der Waals surface area contributed by atoms with E-state index in [1.165, 1.54) is 13.5 Å². The second-order valence-electron chi connectivity index (χ2n) is 5.77. The molecule has 1 aliphatic heterocycles. The molecule has 20 heavy (non-hydrogen) atoms. The van der Waals surface area contributed by atoms with E-state index >= 15 is 0 Å². The second kappa shape index (κ2) is 8.25. The van der Waals surface area contributed by atoms with E-state index < -0.39 is 0 Å². The van der Waals surface area contributed by atoms with Crippen LogP contribution in [0.1, 0.15) is 39.5 Å². The molecule has 116 valence electrons. The lowest BCUT2D eigenvalue weighted by atomic mass is 10.00. The first kappa shape index (κ1) is 17.0. The lowest BCUT2D eigenvalue weighted by Gasteiger charge is -2.36. The van der Waals surface area contributed by atoms with E-state index in [9.17, 15) is 9.59 Å². The number of likely N-dealkylation sites (N-methyl/N-ethyl adjacent to an activating group) is 1. The molecule has 0 saturated carbocycles. The molecule has 0 aromatic carbocycles.